The maximum Gasteiger partial charge on any atom is 0.241 e. The van der Waals surface area contributed by atoms with Crippen molar-refractivity contribution < 1.29 is 13.5 Å². The number of benzene rings is 1. The van der Waals surface area contributed by atoms with Gasteiger partial charge >= 0.3 is 0 Å². The summed E-state index contributed by atoms with van der Waals surface area (Å²) in [6, 6.07) is 4.37. The summed E-state index contributed by atoms with van der Waals surface area (Å²) in [5.74, 6) is 0. The Labute approximate surface area is 118 Å². The number of hydrogen-bond acceptors (Lipinski definition) is 3. The first-order valence-electron chi connectivity index (χ1n) is 6.37. The molecule has 2 N–H and O–H groups in total. The summed E-state index contributed by atoms with van der Waals surface area (Å²) in [5, 5.41) is 10.2. The molecule has 2 atom stereocenters. The van der Waals surface area contributed by atoms with Crippen molar-refractivity contribution >= 4 is 21.6 Å². The van der Waals surface area contributed by atoms with Gasteiger partial charge < -0.3 is 5.11 Å². The number of rotatable bonds is 3. The Balaban J connectivity index is 2.24. The summed E-state index contributed by atoms with van der Waals surface area (Å²) in [5.41, 5.74) is 0.641. The Kier molecular flexibility index (Phi) is 4.50. The molecule has 4 nitrogen and oxygen atoms in total. The quantitative estimate of drug-likeness (QED) is 0.900. The molecule has 0 radical (unpaired) electrons. The number of sulfonamides is 1. The Morgan fingerprint density at radius 3 is 2.68 bits per heavy atom. The lowest BCUT2D eigenvalue weighted by Crippen LogP contribution is -2.45. The number of aryl methyl sites for hydroxylation is 1. The minimum Gasteiger partial charge on any atom is -0.391 e. The van der Waals surface area contributed by atoms with Crippen LogP contribution in [0.15, 0.2) is 23.1 Å². The van der Waals surface area contributed by atoms with E-state index in [-0.39, 0.29) is 4.90 Å². The summed E-state index contributed by atoms with van der Waals surface area (Å²) >= 11 is 5.85. The summed E-state index contributed by atoms with van der Waals surface area (Å²) in [7, 11) is -3.64. The molecule has 1 fully saturated rings. The zero-order valence-electron chi connectivity index (χ0n) is 10.8. The van der Waals surface area contributed by atoms with Gasteiger partial charge in [-0.3, -0.25) is 0 Å². The lowest BCUT2D eigenvalue weighted by atomic mass is 9.93. The standard InChI is InChI=1S/C13H18ClNO3S/c1-9-6-7-10(14)8-13(9)19(17,18)15-11-4-2-3-5-12(11)16/h6-8,11-12,15-16H,2-5H2,1H3/t11-,12-/m1/s1. The van der Waals surface area contributed by atoms with Gasteiger partial charge in [0.15, 0.2) is 0 Å². The second kappa shape index (κ2) is 5.79. The Morgan fingerprint density at radius 2 is 2.00 bits per heavy atom. The largest absolute Gasteiger partial charge is 0.391 e. The van der Waals surface area contributed by atoms with Gasteiger partial charge in [-0.15, -0.1) is 0 Å². The Bertz CT molecular complexity index is 559. The highest BCUT2D eigenvalue weighted by Gasteiger charge is 2.28. The van der Waals surface area contributed by atoms with E-state index in [9.17, 15) is 13.5 Å². The molecule has 19 heavy (non-hydrogen) atoms. The van der Waals surface area contributed by atoms with Crippen LogP contribution in [0.3, 0.4) is 0 Å². The normalized spacial score (nSPS) is 24.4. The maximum absolute atomic E-state index is 12.3. The van der Waals surface area contributed by atoms with Gasteiger partial charge in [-0.1, -0.05) is 30.5 Å². The van der Waals surface area contributed by atoms with Gasteiger partial charge in [0.1, 0.15) is 0 Å². The zero-order chi connectivity index (χ0) is 14.0. The second-order valence-electron chi connectivity index (χ2n) is 4.99. The Hall–Kier alpha value is -0.620. The molecule has 0 aromatic heterocycles. The third-order valence-corrected chi connectivity index (χ3v) is 5.34. The van der Waals surface area contributed by atoms with Gasteiger partial charge in [-0.25, -0.2) is 13.1 Å². The van der Waals surface area contributed by atoms with E-state index in [4.69, 9.17) is 11.6 Å². The highest BCUT2D eigenvalue weighted by Crippen LogP contribution is 2.23. The van der Waals surface area contributed by atoms with Crippen LogP contribution in [0.1, 0.15) is 31.2 Å². The van der Waals surface area contributed by atoms with Gasteiger partial charge in [0, 0.05) is 11.1 Å². The first kappa shape index (κ1) is 14.8. The molecule has 2 rings (SSSR count). The molecule has 1 aromatic rings. The number of halogens is 1. The predicted molar refractivity (Wildman–Crippen MR) is 74.8 cm³/mol. The molecule has 1 saturated carbocycles. The van der Waals surface area contributed by atoms with E-state index >= 15 is 0 Å². The van der Waals surface area contributed by atoms with Gasteiger partial charge in [0.2, 0.25) is 10.0 Å². The summed E-state index contributed by atoms with van der Waals surface area (Å²) in [4.78, 5) is 0.178. The van der Waals surface area contributed by atoms with E-state index in [2.05, 4.69) is 4.72 Å². The minimum absolute atomic E-state index is 0.178. The number of aliphatic hydroxyl groups is 1. The average molecular weight is 304 g/mol. The van der Waals surface area contributed by atoms with Crippen LogP contribution in [0.5, 0.6) is 0 Å². The van der Waals surface area contributed by atoms with E-state index in [1.807, 2.05) is 0 Å². The van der Waals surface area contributed by atoms with Gasteiger partial charge in [-0.05, 0) is 37.5 Å². The zero-order valence-corrected chi connectivity index (χ0v) is 12.3. The summed E-state index contributed by atoms with van der Waals surface area (Å²) < 4.78 is 27.3. The van der Waals surface area contributed by atoms with Crippen LogP contribution in [-0.2, 0) is 10.0 Å². The van der Waals surface area contributed by atoms with Gasteiger partial charge in [-0.2, -0.15) is 0 Å². The van der Waals surface area contributed by atoms with E-state index in [0.29, 0.717) is 23.4 Å². The monoisotopic (exact) mass is 303 g/mol. The lowest BCUT2D eigenvalue weighted by Gasteiger charge is -2.28. The third kappa shape index (κ3) is 3.48. The molecule has 0 saturated heterocycles. The average Bonchev–Trinajstić information content (AvgIpc) is 2.35. The topological polar surface area (TPSA) is 66.4 Å². The van der Waals surface area contributed by atoms with Crippen LogP contribution < -0.4 is 4.72 Å². The predicted octanol–water partition coefficient (Wildman–Crippen LogP) is 2.23. The third-order valence-electron chi connectivity index (χ3n) is 3.48. The van der Waals surface area contributed by atoms with Crippen molar-refractivity contribution in [3.63, 3.8) is 0 Å². The molecule has 1 aromatic carbocycles. The molecule has 6 heteroatoms. The first-order chi connectivity index (χ1) is 8.90. The van der Waals surface area contributed by atoms with Crippen molar-refractivity contribution in [3.8, 4) is 0 Å². The lowest BCUT2D eigenvalue weighted by molar-refractivity contribution is 0.101. The molecule has 1 aliphatic rings. The Morgan fingerprint density at radius 1 is 1.32 bits per heavy atom. The second-order valence-corrected chi connectivity index (χ2v) is 7.11. The highest BCUT2D eigenvalue weighted by molar-refractivity contribution is 7.89. The summed E-state index contributed by atoms with van der Waals surface area (Å²) in [6.07, 6.45) is 2.57. The first-order valence-corrected chi connectivity index (χ1v) is 8.23. The molecular weight excluding hydrogens is 286 g/mol. The van der Waals surface area contributed by atoms with Crippen molar-refractivity contribution in [1.29, 1.82) is 0 Å². The highest BCUT2D eigenvalue weighted by atomic mass is 35.5. The van der Waals surface area contributed by atoms with Crippen LogP contribution >= 0.6 is 11.6 Å². The molecule has 106 valence electrons. The van der Waals surface area contributed by atoms with Crippen molar-refractivity contribution in [2.45, 2.75) is 49.6 Å². The number of hydrogen-bond donors (Lipinski definition) is 2. The SMILES string of the molecule is Cc1ccc(Cl)cc1S(=O)(=O)N[C@@H]1CCCC[C@H]1O. The molecule has 0 aliphatic heterocycles. The summed E-state index contributed by atoms with van der Waals surface area (Å²) in [6.45, 7) is 1.72. The smallest absolute Gasteiger partial charge is 0.241 e. The van der Waals surface area contributed by atoms with Crippen molar-refractivity contribution in [1.82, 2.24) is 4.72 Å². The molecule has 0 unspecified atom stereocenters. The molecule has 0 heterocycles. The fraction of sp³-hybridized carbons (Fsp3) is 0.538. The number of aliphatic hydroxyl groups excluding tert-OH is 1. The van der Waals surface area contributed by atoms with Gasteiger partial charge in [0.05, 0.1) is 11.0 Å². The maximum atomic E-state index is 12.3. The number of nitrogens with one attached hydrogen (secondary N) is 1. The molecule has 0 amide bonds. The molecule has 0 bridgehead atoms. The van der Waals surface area contributed by atoms with Crippen molar-refractivity contribution in [2.75, 3.05) is 0 Å². The van der Waals surface area contributed by atoms with Crippen LogP contribution in [0.4, 0.5) is 0 Å². The van der Waals surface area contributed by atoms with E-state index < -0.39 is 22.2 Å². The molecule has 0 spiro atoms. The van der Waals surface area contributed by atoms with Crippen molar-refractivity contribution in [2.24, 2.45) is 0 Å². The van der Waals surface area contributed by atoms with Crippen LogP contribution in [0.2, 0.25) is 5.02 Å². The molecular formula is C13H18ClNO3S. The fourth-order valence-corrected chi connectivity index (χ4v) is 4.19. The van der Waals surface area contributed by atoms with E-state index in [1.54, 1.807) is 19.1 Å². The van der Waals surface area contributed by atoms with E-state index in [0.717, 1.165) is 12.8 Å². The van der Waals surface area contributed by atoms with Gasteiger partial charge in [0.25, 0.3) is 0 Å². The van der Waals surface area contributed by atoms with Crippen LogP contribution in [0.25, 0.3) is 0 Å². The minimum atomic E-state index is -3.64. The van der Waals surface area contributed by atoms with Crippen LogP contribution in [-0.4, -0.2) is 25.7 Å². The van der Waals surface area contributed by atoms with Crippen LogP contribution in [0, 0.1) is 6.92 Å². The van der Waals surface area contributed by atoms with Crippen molar-refractivity contribution in [3.05, 3.63) is 28.8 Å². The van der Waals surface area contributed by atoms with E-state index in [1.165, 1.54) is 6.07 Å². The molecule has 1 aliphatic carbocycles. The fourth-order valence-electron chi connectivity index (χ4n) is 2.37.